The van der Waals surface area contributed by atoms with E-state index in [0.717, 1.165) is 55.7 Å². The first-order valence-corrected chi connectivity index (χ1v) is 9.56. The van der Waals surface area contributed by atoms with Crippen molar-refractivity contribution in [1.82, 2.24) is 9.80 Å². The van der Waals surface area contributed by atoms with Gasteiger partial charge < -0.3 is 20.1 Å². The number of ether oxygens (including phenoxy) is 2. The molecule has 3 saturated heterocycles. The molecule has 3 aliphatic heterocycles. The molecule has 0 amide bonds. The Kier molecular flexibility index (Phi) is 9.24. The number of hydrogen-bond acceptors (Lipinski definition) is 6. The zero-order chi connectivity index (χ0) is 20.5. The number of carbonyl (C=O) groups is 1. The molecule has 8 heteroatoms. The third-order valence-corrected chi connectivity index (χ3v) is 5.33. The second-order valence-electron chi connectivity index (χ2n) is 7.65. The molecule has 4 rings (SSSR count). The molecule has 0 bridgehead atoms. The summed E-state index contributed by atoms with van der Waals surface area (Å²) >= 11 is 0. The van der Waals surface area contributed by atoms with E-state index in [1.807, 2.05) is 0 Å². The van der Waals surface area contributed by atoms with E-state index in [0.29, 0.717) is 12.5 Å². The van der Waals surface area contributed by atoms with Crippen LogP contribution in [0.4, 0.5) is 8.78 Å². The molecule has 0 saturated carbocycles. The van der Waals surface area contributed by atoms with E-state index in [9.17, 15) is 8.78 Å². The third-order valence-electron chi connectivity index (χ3n) is 5.33. The van der Waals surface area contributed by atoms with E-state index in [1.165, 1.54) is 33.3 Å². The van der Waals surface area contributed by atoms with Crippen LogP contribution in [0.5, 0.6) is 0 Å². The molecule has 0 aromatic heterocycles. The molecule has 2 N–H and O–H groups in total. The quantitative estimate of drug-likeness (QED) is 0.758. The van der Waals surface area contributed by atoms with Crippen LogP contribution in [-0.4, -0.2) is 81.9 Å². The number of fused-ring (bicyclic) bond motifs is 1. The van der Waals surface area contributed by atoms with Gasteiger partial charge in [-0.15, -0.1) is 0 Å². The second-order valence-corrected chi connectivity index (χ2v) is 7.65. The van der Waals surface area contributed by atoms with E-state index in [4.69, 9.17) is 15.3 Å². The van der Waals surface area contributed by atoms with E-state index in [2.05, 4.69) is 21.6 Å². The second kappa shape index (κ2) is 11.4. The van der Waals surface area contributed by atoms with Gasteiger partial charge in [-0.25, -0.2) is 8.78 Å². The smallest absolute Gasteiger partial charge is 0.292 e. The first kappa shape index (κ1) is 22.7. The number of nitrogens with two attached hydrogens (primary N) is 1. The van der Waals surface area contributed by atoms with Crippen LogP contribution < -0.4 is 5.73 Å². The van der Waals surface area contributed by atoms with Crippen LogP contribution in [0.25, 0.3) is 0 Å². The summed E-state index contributed by atoms with van der Waals surface area (Å²) in [7, 11) is 3.55. The van der Waals surface area contributed by atoms with Crippen LogP contribution in [0.3, 0.4) is 0 Å². The number of likely N-dealkylation sites (tertiary alicyclic amines) is 2. The molecule has 1 aromatic carbocycles. The number of hydrogen-bond donors (Lipinski definition) is 1. The van der Waals surface area contributed by atoms with Crippen molar-refractivity contribution in [3.63, 3.8) is 0 Å². The van der Waals surface area contributed by atoms with Crippen molar-refractivity contribution < 1.29 is 23.0 Å². The molecular weight excluding hydrogens is 368 g/mol. The van der Waals surface area contributed by atoms with Crippen molar-refractivity contribution in [3.05, 3.63) is 35.9 Å². The monoisotopic (exact) mass is 399 g/mol. The van der Waals surface area contributed by atoms with Crippen molar-refractivity contribution >= 4 is 6.47 Å². The Morgan fingerprint density at radius 3 is 2.00 bits per heavy atom. The van der Waals surface area contributed by atoms with Crippen molar-refractivity contribution in [1.29, 1.82) is 0 Å². The van der Waals surface area contributed by atoms with E-state index in [-0.39, 0.29) is 6.04 Å². The molecule has 158 valence electrons. The fourth-order valence-corrected chi connectivity index (χ4v) is 4.09. The lowest BCUT2D eigenvalue weighted by Gasteiger charge is -2.34. The molecule has 0 radical (unpaired) electrons. The minimum absolute atomic E-state index is 0.252. The van der Waals surface area contributed by atoms with Gasteiger partial charge in [0.2, 0.25) is 0 Å². The Morgan fingerprint density at radius 2 is 1.57 bits per heavy atom. The van der Waals surface area contributed by atoms with Crippen LogP contribution in [0.15, 0.2) is 24.3 Å². The largest absolute Gasteiger partial charge is 0.471 e. The summed E-state index contributed by atoms with van der Waals surface area (Å²) in [5, 5.41) is 0. The average Bonchev–Trinajstić information content (AvgIpc) is 3.22. The molecule has 3 heterocycles. The summed E-state index contributed by atoms with van der Waals surface area (Å²) in [6.07, 6.45) is 1.12. The van der Waals surface area contributed by atoms with Crippen LogP contribution in [-0.2, 0) is 14.3 Å². The van der Waals surface area contributed by atoms with Crippen molar-refractivity contribution in [3.8, 4) is 0 Å². The van der Waals surface area contributed by atoms with Gasteiger partial charge in [-0.05, 0) is 49.6 Å². The van der Waals surface area contributed by atoms with Crippen molar-refractivity contribution in [2.45, 2.75) is 18.5 Å². The van der Waals surface area contributed by atoms with Gasteiger partial charge in [0.05, 0.1) is 20.3 Å². The van der Waals surface area contributed by atoms with Crippen LogP contribution in [0.2, 0.25) is 0 Å². The topological polar surface area (TPSA) is 68.0 Å². The zero-order valence-corrected chi connectivity index (χ0v) is 16.6. The summed E-state index contributed by atoms with van der Waals surface area (Å²) in [6, 6.07) is 5.15. The average molecular weight is 399 g/mol. The Labute approximate surface area is 165 Å². The SMILES string of the molecule is CN1CC2CN(C3COCC(N)C3)CC2C1.COC=O.Fc1ccc(F)cc1. The molecule has 3 aliphatic rings. The van der Waals surface area contributed by atoms with Gasteiger partial charge in [0.25, 0.3) is 6.47 Å². The standard InChI is InChI=1S/C12H23N3O.C6H4F2.C2H4O2/c1-14-3-9-5-15(6-10(9)4-14)12-2-11(13)7-16-8-12;7-5-1-2-6(8)4-3-5;1-4-2-3/h9-12H,2-8,13H2,1H3;1-4H;2H,1H3. The molecule has 0 spiro atoms. The molecule has 4 unspecified atom stereocenters. The number of methoxy groups -OCH3 is 1. The van der Waals surface area contributed by atoms with E-state index >= 15 is 0 Å². The van der Waals surface area contributed by atoms with Gasteiger partial charge in [0, 0.05) is 38.3 Å². The third kappa shape index (κ3) is 7.09. The summed E-state index contributed by atoms with van der Waals surface area (Å²) in [4.78, 5) is 14.0. The molecule has 1 aromatic rings. The molecular formula is C20H31F2N3O3. The van der Waals surface area contributed by atoms with E-state index in [1.54, 1.807) is 0 Å². The number of halogens is 2. The fraction of sp³-hybridized carbons (Fsp3) is 0.650. The van der Waals surface area contributed by atoms with Gasteiger partial charge >= 0.3 is 0 Å². The van der Waals surface area contributed by atoms with Crippen LogP contribution >= 0.6 is 0 Å². The summed E-state index contributed by atoms with van der Waals surface area (Å²) in [5.41, 5.74) is 5.97. The van der Waals surface area contributed by atoms with Gasteiger partial charge in [0.15, 0.2) is 0 Å². The summed E-state index contributed by atoms with van der Waals surface area (Å²) < 4.78 is 33.3. The highest BCUT2D eigenvalue weighted by Crippen LogP contribution is 2.32. The van der Waals surface area contributed by atoms with Gasteiger partial charge in [-0.2, -0.15) is 0 Å². The Hall–Kier alpha value is -1.61. The maximum absolute atomic E-state index is 11.9. The van der Waals surface area contributed by atoms with Gasteiger partial charge in [-0.3, -0.25) is 9.69 Å². The minimum Gasteiger partial charge on any atom is -0.471 e. The number of carbonyl (C=O) groups excluding carboxylic acids is 1. The molecule has 28 heavy (non-hydrogen) atoms. The molecule has 0 aliphatic carbocycles. The lowest BCUT2D eigenvalue weighted by atomic mass is 10.0. The lowest BCUT2D eigenvalue weighted by Crippen LogP contribution is -2.47. The molecule has 3 fully saturated rings. The fourth-order valence-electron chi connectivity index (χ4n) is 4.09. The lowest BCUT2D eigenvalue weighted by molar-refractivity contribution is -0.126. The van der Waals surface area contributed by atoms with Crippen molar-refractivity contribution in [2.24, 2.45) is 17.6 Å². The van der Waals surface area contributed by atoms with Gasteiger partial charge in [-0.1, -0.05) is 0 Å². The number of nitrogens with zero attached hydrogens (tertiary/aromatic N) is 2. The van der Waals surface area contributed by atoms with Crippen LogP contribution in [0, 0.1) is 23.5 Å². The maximum Gasteiger partial charge on any atom is 0.292 e. The highest BCUT2D eigenvalue weighted by Gasteiger charge is 2.41. The highest BCUT2D eigenvalue weighted by molar-refractivity contribution is 5.36. The normalized spacial score (nSPS) is 29.8. The zero-order valence-electron chi connectivity index (χ0n) is 16.6. The maximum atomic E-state index is 11.9. The number of rotatable bonds is 2. The molecule has 6 nitrogen and oxygen atoms in total. The first-order valence-electron chi connectivity index (χ1n) is 9.56. The Bertz CT molecular complexity index is 556. The molecule has 4 atom stereocenters. The van der Waals surface area contributed by atoms with Crippen LogP contribution in [0.1, 0.15) is 6.42 Å². The summed E-state index contributed by atoms with van der Waals surface area (Å²) in [5.74, 6) is 0.962. The predicted octanol–water partition coefficient (Wildman–Crippen LogP) is 1.35. The van der Waals surface area contributed by atoms with Crippen molar-refractivity contribution in [2.75, 3.05) is 53.6 Å². The summed E-state index contributed by atoms with van der Waals surface area (Å²) in [6.45, 7) is 7.09. The Balaban J connectivity index is 0.000000196. The van der Waals surface area contributed by atoms with E-state index < -0.39 is 11.6 Å². The first-order chi connectivity index (χ1) is 13.4. The minimum atomic E-state index is -0.411. The number of benzene rings is 1. The highest BCUT2D eigenvalue weighted by atomic mass is 19.1. The van der Waals surface area contributed by atoms with Gasteiger partial charge in [0.1, 0.15) is 11.6 Å². The predicted molar refractivity (Wildman–Crippen MR) is 103 cm³/mol. The Morgan fingerprint density at radius 1 is 1.07 bits per heavy atom.